The van der Waals surface area contributed by atoms with E-state index in [0.29, 0.717) is 0 Å². The average molecular weight is 195 g/mol. The minimum atomic E-state index is -3.78. The zero-order valence-corrected chi connectivity index (χ0v) is 8.05. The van der Waals surface area contributed by atoms with Crippen LogP contribution in [0.25, 0.3) is 0 Å². The van der Waals surface area contributed by atoms with E-state index in [1.807, 2.05) is 0 Å². The number of carbonyl (C=O) groups is 1. The van der Waals surface area contributed by atoms with Crippen molar-refractivity contribution in [3.05, 3.63) is 0 Å². The fraction of sp³-hybridized carbons (Fsp3) is 0.833. The first-order chi connectivity index (χ1) is 5.14. The van der Waals surface area contributed by atoms with Crippen molar-refractivity contribution in [2.75, 3.05) is 6.26 Å². The van der Waals surface area contributed by atoms with Gasteiger partial charge < -0.3 is 10.8 Å². The van der Waals surface area contributed by atoms with Gasteiger partial charge in [0.15, 0.2) is 9.84 Å². The fourth-order valence-electron chi connectivity index (χ4n) is 0.834. The summed E-state index contributed by atoms with van der Waals surface area (Å²) in [7, 11) is -3.78. The average Bonchev–Trinajstić information content (AvgIpc) is 1.82. The van der Waals surface area contributed by atoms with Crippen LogP contribution in [0.1, 0.15) is 13.8 Å². The number of hydrogen-bond donors (Lipinski definition) is 2. The van der Waals surface area contributed by atoms with Crippen LogP contribution in [0, 0.1) is 5.92 Å². The third-order valence-corrected chi connectivity index (χ3v) is 3.68. The maximum atomic E-state index is 11.0. The Morgan fingerprint density at radius 3 is 1.83 bits per heavy atom. The second kappa shape index (κ2) is 3.02. The summed E-state index contributed by atoms with van der Waals surface area (Å²) in [5.41, 5.74) is 5.27. The van der Waals surface area contributed by atoms with Gasteiger partial charge in [-0.15, -0.1) is 0 Å². The topological polar surface area (TPSA) is 97.5 Å². The van der Waals surface area contributed by atoms with Gasteiger partial charge in [-0.25, -0.2) is 13.2 Å². The lowest BCUT2D eigenvalue weighted by atomic mass is 10.1. The van der Waals surface area contributed by atoms with Crippen LogP contribution in [0.3, 0.4) is 0 Å². The molecule has 6 heteroatoms. The lowest BCUT2D eigenvalue weighted by Gasteiger charge is -2.26. The molecule has 3 N–H and O–H groups in total. The van der Waals surface area contributed by atoms with Crippen LogP contribution in [-0.4, -0.2) is 30.6 Å². The third kappa shape index (κ3) is 1.59. The summed E-state index contributed by atoms with van der Waals surface area (Å²) in [4.78, 5) is 8.43. The molecule has 0 unspecified atom stereocenters. The summed E-state index contributed by atoms with van der Waals surface area (Å²) in [5, 5.41) is 8.63. The van der Waals surface area contributed by atoms with Gasteiger partial charge in [-0.05, 0) is 5.92 Å². The first kappa shape index (κ1) is 11.4. The van der Waals surface area contributed by atoms with Crippen molar-refractivity contribution in [1.29, 1.82) is 0 Å². The van der Waals surface area contributed by atoms with Gasteiger partial charge in [-0.1, -0.05) is 13.8 Å². The molecule has 1 atom stereocenters. The van der Waals surface area contributed by atoms with Gasteiger partial charge in [-0.2, -0.15) is 0 Å². The van der Waals surface area contributed by atoms with Crippen LogP contribution in [0.4, 0.5) is 0 Å². The Kier molecular flexibility index (Phi) is 2.87. The van der Waals surface area contributed by atoms with Crippen LogP contribution in [0.5, 0.6) is 0 Å². The lowest BCUT2D eigenvalue weighted by Crippen LogP contribution is -2.58. The van der Waals surface area contributed by atoms with Gasteiger partial charge >= 0.3 is 5.97 Å². The van der Waals surface area contributed by atoms with Crippen molar-refractivity contribution in [2.45, 2.75) is 18.7 Å². The third-order valence-electron chi connectivity index (χ3n) is 1.81. The number of sulfone groups is 1. The molecular weight excluding hydrogens is 182 g/mol. The molecular formula is C6H13NO4S. The van der Waals surface area contributed by atoms with Gasteiger partial charge in [-0.3, -0.25) is 0 Å². The quantitative estimate of drug-likeness (QED) is 0.628. The van der Waals surface area contributed by atoms with Crippen LogP contribution in [0.15, 0.2) is 0 Å². The summed E-state index contributed by atoms with van der Waals surface area (Å²) in [6.45, 7) is 2.91. The summed E-state index contributed by atoms with van der Waals surface area (Å²) >= 11 is 0. The predicted octanol–water partition coefficient (Wildman–Crippen LogP) is -0.573. The Morgan fingerprint density at radius 2 is 1.83 bits per heavy atom. The highest BCUT2D eigenvalue weighted by Gasteiger charge is 2.47. The predicted molar refractivity (Wildman–Crippen MR) is 44.2 cm³/mol. The number of hydrogen-bond acceptors (Lipinski definition) is 4. The molecule has 0 amide bonds. The molecule has 0 fully saturated rings. The van der Waals surface area contributed by atoms with Gasteiger partial charge in [0.1, 0.15) is 0 Å². The highest BCUT2D eigenvalue weighted by Crippen LogP contribution is 2.20. The van der Waals surface area contributed by atoms with E-state index in [0.717, 1.165) is 6.26 Å². The molecule has 0 bridgehead atoms. The fourth-order valence-corrected chi connectivity index (χ4v) is 2.01. The Bertz CT molecular complexity index is 282. The largest absolute Gasteiger partial charge is 0.479 e. The molecule has 0 saturated carbocycles. The number of rotatable bonds is 3. The first-order valence-electron chi connectivity index (χ1n) is 3.36. The lowest BCUT2D eigenvalue weighted by molar-refractivity contribution is -0.141. The molecule has 0 aliphatic carbocycles. The van der Waals surface area contributed by atoms with Gasteiger partial charge in [0.2, 0.25) is 4.87 Å². The van der Waals surface area contributed by atoms with Crippen molar-refractivity contribution in [1.82, 2.24) is 0 Å². The van der Waals surface area contributed by atoms with Crippen molar-refractivity contribution >= 4 is 15.8 Å². The normalized spacial score (nSPS) is 17.4. The van der Waals surface area contributed by atoms with Gasteiger partial charge in [0.25, 0.3) is 0 Å². The van der Waals surface area contributed by atoms with E-state index < -0.39 is 26.6 Å². The Balaban J connectivity index is 5.33. The van der Waals surface area contributed by atoms with Crippen molar-refractivity contribution < 1.29 is 18.3 Å². The maximum absolute atomic E-state index is 11.0. The summed E-state index contributed by atoms with van der Waals surface area (Å²) in [6, 6.07) is 0. The van der Waals surface area contributed by atoms with Crippen LogP contribution in [-0.2, 0) is 14.6 Å². The smallest absolute Gasteiger partial charge is 0.339 e. The molecule has 0 radical (unpaired) electrons. The second-order valence-corrected chi connectivity index (χ2v) is 5.24. The number of aliphatic carboxylic acids is 1. The molecule has 0 heterocycles. The highest BCUT2D eigenvalue weighted by atomic mass is 32.2. The van der Waals surface area contributed by atoms with E-state index in [1.54, 1.807) is 0 Å². The molecule has 0 aromatic rings. The molecule has 0 spiro atoms. The zero-order chi connectivity index (χ0) is 10.2. The van der Waals surface area contributed by atoms with Crippen LogP contribution in [0.2, 0.25) is 0 Å². The Labute approximate surface area is 71.5 Å². The number of nitrogens with two attached hydrogens (primary N) is 1. The molecule has 0 saturated heterocycles. The number of carboxylic acid groups (broad SMARTS) is 1. The minimum Gasteiger partial charge on any atom is -0.479 e. The minimum absolute atomic E-state index is 0.662. The molecule has 0 rings (SSSR count). The molecule has 12 heavy (non-hydrogen) atoms. The van der Waals surface area contributed by atoms with Crippen molar-refractivity contribution in [3.63, 3.8) is 0 Å². The molecule has 0 aromatic heterocycles. The maximum Gasteiger partial charge on any atom is 0.339 e. The Hall–Kier alpha value is -0.620. The van der Waals surface area contributed by atoms with Crippen molar-refractivity contribution in [2.24, 2.45) is 11.7 Å². The highest BCUT2D eigenvalue weighted by molar-refractivity contribution is 7.92. The molecule has 0 aromatic carbocycles. The van der Waals surface area contributed by atoms with E-state index >= 15 is 0 Å². The number of carboxylic acids is 1. The SMILES string of the molecule is CC(C)[C@](N)(C(=O)O)S(C)(=O)=O. The van der Waals surface area contributed by atoms with Crippen LogP contribution >= 0.6 is 0 Å². The zero-order valence-electron chi connectivity index (χ0n) is 7.23. The first-order valence-corrected chi connectivity index (χ1v) is 5.25. The standard InChI is InChI=1S/C6H13NO4S/c1-4(2)6(7,5(8)9)12(3,10)11/h4H,7H2,1-3H3,(H,8,9)/t6-/m1/s1. The van der Waals surface area contributed by atoms with E-state index in [9.17, 15) is 13.2 Å². The van der Waals surface area contributed by atoms with E-state index in [-0.39, 0.29) is 0 Å². The summed E-state index contributed by atoms with van der Waals surface area (Å²) < 4.78 is 22.1. The van der Waals surface area contributed by atoms with E-state index in [1.165, 1.54) is 13.8 Å². The van der Waals surface area contributed by atoms with Gasteiger partial charge in [0, 0.05) is 6.26 Å². The summed E-state index contributed by atoms with van der Waals surface area (Å²) in [6.07, 6.45) is 0.821. The second-order valence-electron chi connectivity index (χ2n) is 3.03. The van der Waals surface area contributed by atoms with Crippen molar-refractivity contribution in [3.8, 4) is 0 Å². The molecule has 0 aliphatic heterocycles. The molecule has 5 nitrogen and oxygen atoms in total. The Morgan fingerprint density at radius 1 is 1.50 bits per heavy atom. The monoisotopic (exact) mass is 195 g/mol. The summed E-state index contributed by atoms with van der Waals surface area (Å²) in [5.74, 6) is -2.18. The van der Waals surface area contributed by atoms with Crippen LogP contribution < -0.4 is 5.73 Å². The van der Waals surface area contributed by atoms with E-state index in [4.69, 9.17) is 10.8 Å². The van der Waals surface area contributed by atoms with E-state index in [2.05, 4.69) is 0 Å². The molecule has 72 valence electrons. The molecule has 0 aliphatic rings. The van der Waals surface area contributed by atoms with Gasteiger partial charge in [0.05, 0.1) is 0 Å².